The van der Waals surface area contributed by atoms with Crippen molar-refractivity contribution >= 4 is 27.7 Å². The molecule has 3 heterocycles. The van der Waals surface area contributed by atoms with Crippen LogP contribution in [0.1, 0.15) is 31.2 Å². The van der Waals surface area contributed by atoms with Crippen LogP contribution in [0.25, 0.3) is 0 Å². The summed E-state index contributed by atoms with van der Waals surface area (Å²) in [6, 6.07) is 7.80. The first-order chi connectivity index (χ1) is 16.5. The molecule has 1 aromatic heterocycles. The van der Waals surface area contributed by atoms with Gasteiger partial charge in [0.2, 0.25) is 11.8 Å². The minimum atomic E-state index is -0.0966. The second-order valence-corrected chi connectivity index (χ2v) is 10.3. The SMILES string of the molecule is CN1CCN(C(=O)C[C@H]2CN(C(=O)CCCc3cn[nH]c3)CC[C@@H]2Oc2cccc(Br)c2)CC1. The Labute approximate surface area is 209 Å². The highest BCUT2D eigenvalue weighted by Gasteiger charge is 2.35. The Balaban J connectivity index is 1.38. The number of hydrogen-bond donors (Lipinski definition) is 1. The highest BCUT2D eigenvalue weighted by atomic mass is 79.9. The number of likely N-dealkylation sites (tertiary alicyclic amines) is 1. The lowest BCUT2D eigenvalue weighted by Crippen LogP contribution is -2.51. The minimum absolute atomic E-state index is 0.0299. The first-order valence-electron chi connectivity index (χ1n) is 12.1. The van der Waals surface area contributed by atoms with Gasteiger partial charge in [0, 0.05) is 75.1 Å². The Bertz CT molecular complexity index is 946. The van der Waals surface area contributed by atoms with Gasteiger partial charge >= 0.3 is 0 Å². The van der Waals surface area contributed by atoms with Gasteiger partial charge in [0.15, 0.2) is 0 Å². The van der Waals surface area contributed by atoms with Crippen LogP contribution in [0.15, 0.2) is 41.1 Å². The summed E-state index contributed by atoms with van der Waals surface area (Å²) in [7, 11) is 2.08. The van der Waals surface area contributed by atoms with Crippen molar-refractivity contribution in [3.8, 4) is 5.75 Å². The van der Waals surface area contributed by atoms with Crippen molar-refractivity contribution in [1.82, 2.24) is 24.9 Å². The van der Waals surface area contributed by atoms with Crippen molar-refractivity contribution < 1.29 is 14.3 Å². The molecular formula is C25H34BrN5O3. The smallest absolute Gasteiger partial charge is 0.223 e. The Kier molecular flexibility index (Phi) is 8.61. The minimum Gasteiger partial charge on any atom is -0.490 e. The van der Waals surface area contributed by atoms with Crippen LogP contribution in [0.2, 0.25) is 0 Å². The number of piperazine rings is 1. The van der Waals surface area contributed by atoms with E-state index < -0.39 is 0 Å². The average molecular weight is 532 g/mol. The summed E-state index contributed by atoms with van der Waals surface area (Å²) in [5, 5.41) is 6.77. The number of rotatable bonds is 8. The molecule has 2 aliphatic heterocycles. The van der Waals surface area contributed by atoms with E-state index in [0.29, 0.717) is 25.9 Å². The molecule has 2 atom stereocenters. The van der Waals surface area contributed by atoms with E-state index in [1.807, 2.05) is 40.3 Å². The van der Waals surface area contributed by atoms with Crippen LogP contribution in [0.5, 0.6) is 5.75 Å². The third-order valence-electron chi connectivity index (χ3n) is 6.80. The van der Waals surface area contributed by atoms with Crippen LogP contribution in [-0.2, 0) is 16.0 Å². The van der Waals surface area contributed by atoms with Crippen LogP contribution in [-0.4, -0.2) is 89.1 Å². The molecule has 8 nitrogen and oxygen atoms in total. The van der Waals surface area contributed by atoms with E-state index in [9.17, 15) is 9.59 Å². The number of nitrogens with one attached hydrogen (secondary N) is 1. The number of ether oxygens (including phenoxy) is 1. The topological polar surface area (TPSA) is 81.8 Å². The molecule has 0 aliphatic carbocycles. The molecule has 2 saturated heterocycles. The number of aromatic amines is 1. The second kappa shape index (κ2) is 11.8. The number of benzene rings is 1. The summed E-state index contributed by atoms with van der Waals surface area (Å²) in [6.45, 7) is 4.53. The zero-order chi connectivity index (χ0) is 23.9. The predicted molar refractivity (Wildman–Crippen MR) is 133 cm³/mol. The summed E-state index contributed by atoms with van der Waals surface area (Å²) in [5.41, 5.74) is 1.12. The first-order valence-corrected chi connectivity index (χ1v) is 12.9. The molecule has 0 unspecified atom stereocenters. The van der Waals surface area contributed by atoms with Crippen molar-refractivity contribution in [3.63, 3.8) is 0 Å². The molecule has 2 aromatic rings. The molecule has 2 fully saturated rings. The van der Waals surface area contributed by atoms with Crippen molar-refractivity contribution in [2.45, 2.75) is 38.2 Å². The van der Waals surface area contributed by atoms with Crippen LogP contribution in [0.4, 0.5) is 0 Å². The summed E-state index contributed by atoms with van der Waals surface area (Å²) in [5.74, 6) is 1.07. The lowest BCUT2D eigenvalue weighted by Gasteiger charge is -2.40. The summed E-state index contributed by atoms with van der Waals surface area (Å²) < 4.78 is 7.31. The van der Waals surface area contributed by atoms with E-state index in [1.165, 1.54) is 0 Å². The van der Waals surface area contributed by atoms with Gasteiger partial charge in [-0.3, -0.25) is 14.7 Å². The largest absolute Gasteiger partial charge is 0.490 e. The van der Waals surface area contributed by atoms with Gasteiger partial charge in [-0.1, -0.05) is 22.0 Å². The second-order valence-electron chi connectivity index (χ2n) is 9.35. The number of halogens is 1. The van der Waals surface area contributed by atoms with E-state index in [4.69, 9.17) is 4.74 Å². The van der Waals surface area contributed by atoms with E-state index in [2.05, 4.69) is 38.1 Å². The Morgan fingerprint density at radius 3 is 2.71 bits per heavy atom. The number of carbonyl (C=O) groups excluding carboxylic acids is 2. The van der Waals surface area contributed by atoms with Crippen LogP contribution >= 0.6 is 15.9 Å². The number of hydrogen-bond acceptors (Lipinski definition) is 5. The Morgan fingerprint density at radius 2 is 1.97 bits per heavy atom. The molecule has 1 N–H and O–H groups in total. The highest BCUT2D eigenvalue weighted by Crippen LogP contribution is 2.28. The lowest BCUT2D eigenvalue weighted by molar-refractivity contribution is -0.140. The van der Waals surface area contributed by atoms with Gasteiger partial charge in [0.05, 0.1) is 6.20 Å². The van der Waals surface area contributed by atoms with E-state index in [0.717, 1.165) is 61.2 Å². The molecule has 2 amide bonds. The van der Waals surface area contributed by atoms with Crippen molar-refractivity contribution in [2.75, 3.05) is 46.3 Å². The summed E-state index contributed by atoms with van der Waals surface area (Å²) >= 11 is 3.50. The highest BCUT2D eigenvalue weighted by molar-refractivity contribution is 9.10. The van der Waals surface area contributed by atoms with Gasteiger partial charge in [-0.05, 0) is 43.7 Å². The van der Waals surface area contributed by atoms with E-state index >= 15 is 0 Å². The third kappa shape index (κ3) is 6.82. The van der Waals surface area contributed by atoms with E-state index in [1.54, 1.807) is 6.20 Å². The molecule has 184 valence electrons. The fraction of sp³-hybridized carbons (Fsp3) is 0.560. The molecule has 0 radical (unpaired) electrons. The van der Waals surface area contributed by atoms with Gasteiger partial charge in [-0.15, -0.1) is 0 Å². The lowest BCUT2D eigenvalue weighted by atomic mass is 9.90. The molecule has 0 spiro atoms. The van der Waals surface area contributed by atoms with Gasteiger partial charge in [0.25, 0.3) is 0 Å². The number of piperidine rings is 1. The fourth-order valence-electron chi connectivity index (χ4n) is 4.73. The summed E-state index contributed by atoms with van der Waals surface area (Å²) in [6.07, 6.45) is 6.82. The number of amides is 2. The number of aromatic nitrogens is 2. The number of nitrogens with zero attached hydrogens (tertiary/aromatic N) is 4. The number of H-pyrrole nitrogens is 1. The zero-order valence-electron chi connectivity index (χ0n) is 19.8. The van der Waals surface area contributed by atoms with E-state index in [-0.39, 0.29) is 23.8 Å². The zero-order valence-corrected chi connectivity index (χ0v) is 21.4. The molecule has 0 bridgehead atoms. The molecule has 34 heavy (non-hydrogen) atoms. The normalized spacial score (nSPS) is 21.5. The molecule has 1 aromatic carbocycles. The fourth-order valence-corrected chi connectivity index (χ4v) is 5.11. The van der Waals surface area contributed by atoms with Crippen molar-refractivity contribution in [2.24, 2.45) is 5.92 Å². The Morgan fingerprint density at radius 1 is 1.15 bits per heavy atom. The van der Waals surface area contributed by atoms with Gasteiger partial charge in [-0.2, -0.15) is 5.10 Å². The van der Waals surface area contributed by atoms with Gasteiger partial charge < -0.3 is 19.4 Å². The molecule has 0 saturated carbocycles. The molecule has 2 aliphatic rings. The van der Waals surface area contributed by atoms with Crippen molar-refractivity contribution in [1.29, 1.82) is 0 Å². The standard InChI is InChI=1S/C25H34BrN5O3/c1-29-10-12-30(13-11-29)25(33)14-20-18-31(24(32)7-2-4-19-16-27-28-17-19)9-8-23(20)34-22-6-3-5-21(26)15-22/h3,5-6,15-17,20,23H,2,4,7-14,18H2,1H3,(H,27,28)/t20-,23-/m0/s1. The van der Waals surface area contributed by atoms with Crippen molar-refractivity contribution in [3.05, 3.63) is 46.7 Å². The molecule has 4 rings (SSSR count). The number of aryl methyl sites for hydroxylation is 1. The number of likely N-dealkylation sites (N-methyl/N-ethyl adjacent to an activating group) is 1. The maximum atomic E-state index is 13.1. The third-order valence-corrected chi connectivity index (χ3v) is 7.30. The van der Waals surface area contributed by atoms with Crippen LogP contribution < -0.4 is 4.74 Å². The average Bonchev–Trinajstić information content (AvgIpc) is 3.34. The molecular weight excluding hydrogens is 498 g/mol. The van der Waals surface area contributed by atoms with Crippen LogP contribution in [0, 0.1) is 5.92 Å². The van der Waals surface area contributed by atoms with Gasteiger partial charge in [0.1, 0.15) is 11.9 Å². The number of carbonyl (C=O) groups is 2. The maximum Gasteiger partial charge on any atom is 0.223 e. The predicted octanol–water partition coefficient (Wildman–Crippen LogP) is 2.96. The maximum absolute atomic E-state index is 13.1. The van der Waals surface area contributed by atoms with Gasteiger partial charge in [-0.25, -0.2) is 0 Å². The summed E-state index contributed by atoms with van der Waals surface area (Å²) in [4.78, 5) is 32.2. The Hall–Kier alpha value is -2.39. The monoisotopic (exact) mass is 531 g/mol. The quantitative estimate of drug-likeness (QED) is 0.566. The molecule has 9 heteroatoms. The van der Waals surface area contributed by atoms with Crippen LogP contribution in [0.3, 0.4) is 0 Å². The first kappa shape index (κ1) is 24.7.